The molecular formula is C24H36ClN3O4. The van der Waals surface area contributed by atoms with Gasteiger partial charge in [0.15, 0.2) is 0 Å². The molecule has 1 aromatic carbocycles. The van der Waals surface area contributed by atoms with Gasteiger partial charge >= 0.3 is 6.03 Å². The number of aliphatic hydroxyl groups is 1. The Morgan fingerprint density at radius 3 is 2.34 bits per heavy atom. The summed E-state index contributed by atoms with van der Waals surface area (Å²) in [4.78, 5) is 38.4. The Morgan fingerprint density at radius 2 is 1.81 bits per heavy atom. The first kappa shape index (κ1) is 26.1. The number of nitrogens with one attached hydrogen (secondary N) is 2. The molecule has 1 fully saturated rings. The molecule has 3 N–H and O–H groups in total. The molecule has 1 saturated heterocycles. The number of piperidine rings is 1. The minimum absolute atomic E-state index is 0.0775. The van der Waals surface area contributed by atoms with Gasteiger partial charge in [-0.3, -0.25) is 4.79 Å². The summed E-state index contributed by atoms with van der Waals surface area (Å²) in [6, 6.07) is 6.08. The molecule has 1 aliphatic heterocycles. The van der Waals surface area contributed by atoms with Crippen LogP contribution in [-0.4, -0.2) is 53.4 Å². The Morgan fingerprint density at radius 1 is 1.19 bits per heavy atom. The molecule has 32 heavy (non-hydrogen) atoms. The van der Waals surface area contributed by atoms with Crippen LogP contribution < -0.4 is 10.6 Å². The van der Waals surface area contributed by atoms with Crippen LogP contribution in [0.5, 0.6) is 0 Å². The summed E-state index contributed by atoms with van der Waals surface area (Å²) >= 11 is 6.00. The zero-order valence-corrected chi connectivity index (χ0v) is 20.5. The predicted molar refractivity (Wildman–Crippen MR) is 125 cm³/mol. The molecular weight excluding hydrogens is 430 g/mol. The predicted octanol–water partition coefficient (Wildman–Crippen LogP) is 3.48. The van der Waals surface area contributed by atoms with Gasteiger partial charge in [-0.25, -0.2) is 4.79 Å². The zero-order chi connectivity index (χ0) is 24.1. The Hall–Kier alpha value is -2.12. The lowest BCUT2D eigenvalue weighted by Crippen LogP contribution is -2.61. The second kappa shape index (κ2) is 10.7. The molecule has 1 heterocycles. The molecule has 0 bridgehead atoms. The van der Waals surface area contributed by atoms with Crippen molar-refractivity contribution in [1.82, 2.24) is 15.5 Å². The number of likely N-dealkylation sites (tertiary alicyclic amines) is 1. The maximum absolute atomic E-state index is 13.3. The van der Waals surface area contributed by atoms with Crippen LogP contribution in [-0.2, 0) is 15.2 Å². The smallest absolute Gasteiger partial charge is 0.315 e. The summed E-state index contributed by atoms with van der Waals surface area (Å²) in [6.07, 6.45) is 1.36. The average Bonchev–Trinajstić information content (AvgIpc) is 2.71. The fourth-order valence-corrected chi connectivity index (χ4v) is 4.34. The van der Waals surface area contributed by atoms with Crippen molar-refractivity contribution in [2.45, 2.75) is 65.5 Å². The fraction of sp³-hybridized carbons (Fsp3) is 0.625. The van der Waals surface area contributed by atoms with E-state index in [1.54, 1.807) is 17.0 Å². The van der Waals surface area contributed by atoms with Gasteiger partial charge in [-0.05, 0) is 43.4 Å². The number of nitrogens with zero attached hydrogens (tertiary/aromatic N) is 1. The van der Waals surface area contributed by atoms with E-state index >= 15 is 0 Å². The highest BCUT2D eigenvalue weighted by atomic mass is 35.5. The number of urea groups is 1. The molecule has 3 amide bonds. The van der Waals surface area contributed by atoms with Crippen molar-refractivity contribution in [3.8, 4) is 0 Å². The van der Waals surface area contributed by atoms with Gasteiger partial charge in [-0.2, -0.15) is 0 Å². The maximum Gasteiger partial charge on any atom is 0.315 e. The molecule has 0 unspecified atom stereocenters. The average molecular weight is 466 g/mol. The fourth-order valence-electron chi connectivity index (χ4n) is 4.21. The summed E-state index contributed by atoms with van der Waals surface area (Å²) in [5.41, 5.74) is -0.920. The van der Waals surface area contributed by atoms with E-state index in [1.807, 2.05) is 39.8 Å². The lowest BCUT2D eigenvalue weighted by Gasteiger charge is -2.51. The van der Waals surface area contributed by atoms with Crippen LogP contribution in [0.4, 0.5) is 4.79 Å². The first-order valence-electron chi connectivity index (χ1n) is 11.2. The third-order valence-electron chi connectivity index (χ3n) is 6.29. The number of amides is 3. The van der Waals surface area contributed by atoms with Gasteiger partial charge in [0.05, 0.1) is 5.60 Å². The van der Waals surface area contributed by atoms with Crippen molar-refractivity contribution in [1.29, 1.82) is 0 Å². The van der Waals surface area contributed by atoms with E-state index in [0.717, 1.165) is 5.56 Å². The summed E-state index contributed by atoms with van der Waals surface area (Å²) in [5, 5.41) is 17.6. The van der Waals surface area contributed by atoms with E-state index in [-0.39, 0.29) is 17.6 Å². The second-order valence-electron chi connectivity index (χ2n) is 9.69. The Kier molecular flexibility index (Phi) is 8.71. The highest BCUT2D eigenvalue weighted by Gasteiger charge is 2.50. The van der Waals surface area contributed by atoms with E-state index in [4.69, 9.17) is 11.6 Å². The molecule has 0 aliphatic carbocycles. The Bertz CT molecular complexity index is 825. The number of carbonyl (C=O) groups excluding carboxylic acids is 3. The number of hydrogen-bond acceptors (Lipinski definition) is 4. The molecule has 0 radical (unpaired) electrons. The number of ketones is 1. The largest absolute Gasteiger partial charge is 0.384 e. The molecule has 8 heteroatoms. The van der Waals surface area contributed by atoms with E-state index in [0.29, 0.717) is 43.9 Å². The van der Waals surface area contributed by atoms with Crippen LogP contribution in [0, 0.1) is 11.3 Å². The van der Waals surface area contributed by atoms with E-state index < -0.39 is 23.1 Å². The second-order valence-corrected chi connectivity index (χ2v) is 10.1. The summed E-state index contributed by atoms with van der Waals surface area (Å²) in [6.45, 7) is 10.3. The highest BCUT2D eigenvalue weighted by molar-refractivity contribution is 6.30. The van der Waals surface area contributed by atoms with Crippen LogP contribution in [0.25, 0.3) is 0 Å². The lowest BCUT2D eigenvalue weighted by atomic mass is 9.66. The quantitative estimate of drug-likeness (QED) is 0.512. The van der Waals surface area contributed by atoms with Crippen molar-refractivity contribution in [2.75, 3.05) is 19.6 Å². The molecule has 2 rings (SSSR count). The molecule has 0 aromatic heterocycles. The Labute approximate surface area is 195 Å². The van der Waals surface area contributed by atoms with Gasteiger partial charge in [0.25, 0.3) is 0 Å². The number of rotatable bonds is 8. The standard InChI is InChI=1S/C24H36ClN3O4/c1-16(2)20(27-22(31)26-13-6-7-17(3)29)21(30)28-14-12-24(32,23(4,5)15-28)18-8-10-19(25)11-9-18/h8-11,16,20,32H,6-7,12-15H2,1-5H3,(H2,26,27,31)/t20-,24+/m1/s1. The molecule has 178 valence electrons. The van der Waals surface area contributed by atoms with Crippen LogP contribution in [0.1, 0.15) is 59.4 Å². The van der Waals surface area contributed by atoms with Crippen molar-refractivity contribution in [3.05, 3.63) is 34.9 Å². The SMILES string of the molecule is CC(=O)CCCNC(=O)N[C@@H](C(=O)N1CC[C@](O)(c2ccc(Cl)cc2)C(C)(C)C1)C(C)C. The van der Waals surface area contributed by atoms with Crippen LogP contribution >= 0.6 is 11.6 Å². The lowest BCUT2D eigenvalue weighted by molar-refractivity contribution is -0.155. The number of hydrogen-bond donors (Lipinski definition) is 3. The monoisotopic (exact) mass is 465 g/mol. The van der Waals surface area contributed by atoms with Crippen molar-refractivity contribution < 1.29 is 19.5 Å². The topological polar surface area (TPSA) is 98.7 Å². The van der Waals surface area contributed by atoms with Gasteiger partial charge in [0.2, 0.25) is 5.91 Å². The first-order valence-corrected chi connectivity index (χ1v) is 11.6. The normalized spacial score (nSPS) is 21.2. The van der Waals surface area contributed by atoms with Crippen LogP contribution in [0.2, 0.25) is 5.02 Å². The highest BCUT2D eigenvalue weighted by Crippen LogP contribution is 2.46. The molecule has 1 aromatic rings. The number of carbonyl (C=O) groups is 3. The molecule has 2 atom stereocenters. The molecule has 0 saturated carbocycles. The van der Waals surface area contributed by atoms with E-state index in [2.05, 4.69) is 10.6 Å². The van der Waals surface area contributed by atoms with Crippen LogP contribution in [0.15, 0.2) is 24.3 Å². The Balaban J connectivity index is 2.05. The maximum atomic E-state index is 13.3. The third-order valence-corrected chi connectivity index (χ3v) is 6.55. The number of Topliss-reactive ketones (excluding diaryl/α,β-unsaturated/α-hetero) is 1. The van der Waals surface area contributed by atoms with Gasteiger partial charge < -0.3 is 25.4 Å². The van der Waals surface area contributed by atoms with Crippen molar-refractivity contribution in [3.63, 3.8) is 0 Å². The van der Waals surface area contributed by atoms with Gasteiger partial charge in [0.1, 0.15) is 11.8 Å². The molecule has 0 spiro atoms. The van der Waals surface area contributed by atoms with E-state index in [9.17, 15) is 19.5 Å². The summed E-state index contributed by atoms with van der Waals surface area (Å²) in [5.74, 6) is -0.190. The molecule has 7 nitrogen and oxygen atoms in total. The van der Waals surface area contributed by atoms with E-state index in [1.165, 1.54) is 6.92 Å². The number of benzene rings is 1. The minimum atomic E-state index is -1.09. The van der Waals surface area contributed by atoms with Gasteiger partial charge in [0, 0.05) is 36.5 Å². The zero-order valence-electron chi connectivity index (χ0n) is 19.7. The first-order chi connectivity index (χ1) is 14.9. The summed E-state index contributed by atoms with van der Waals surface area (Å²) in [7, 11) is 0. The minimum Gasteiger partial charge on any atom is -0.384 e. The summed E-state index contributed by atoms with van der Waals surface area (Å²) < 4.78 is 0. The van der Waals surface area contributed by atoms with Gasteiger partial charge in [-0.1, -0.05) is 51.4 Å². The number of halogens is 1. The third kappa shape index (κ3) is 6.23. The molecule has 1 aliphatic rings. The van der Waals surface area contributed by atoms with Crippen LogP contribution in [0.3, 0.4) is 0 Å². The van der Waals surface area contributed by atoms with Gasteiger partial charge in [-0.15, -0.1) is 0 Å². The van der Waals surface area contributed by atoms with Crippen molar-refractivity contribution in [2.24, 2.45) is 11.3 Å². The van der Waals surface area contributed by atoms with Crippen molar-refractivity contribution >= 4 is 29.3 Å².